The van der Waals surface area contributed by atoms with Gasteiger partial charge in [-0.05, 0) is 48.7 Å². The summed E-state index contributed by atoms with van der Waals surface area (Å²) in [6, 6.07) is 23.8. The van der Waals surface area contributed by atoms with E-state index in [2.05, 4.69) is 0 Å². The largest absolute Gasteiger partial charge is 0.484 e. The van der Waals surface area contributed by atoms with Gasteiger partial charge in [0.15, 0.2) is 11.7 Å². The third-order valence-electron chi connectivity index (χ3n) is 4.68. The van der Waals surface area contributed by atoms with Crippen molar-refractivity contribution in [3.8, 4) is 5.75 Å². The first kappa shape index (κ1) is 19.2. The highest BCUT2D eigenvalue weighted by molar-refractivity contribution is 7.22. The number of hydrogen-bond donors (Lipinski definition) is 0. The van der Waals surface area contributed by atoms with Gasteiger partial charge in [0.1, 0.15) is 5.75 Å². The lowest BCUT2D eigenvalue weighted by molar-refractivity contribution is -0.120. The van der Waals surface area contributed by atoms with Gasteiger partial charge in [-0.15, -0.1) is 0 Å². The maximum absolute atomic E-state index is 13.1. The van der Waals surface area contributed by atoms with Gasteiger partial charge in [-0.2, -0.15) is 0 Å². The summed E-state index contributed by atoms with van der Waals surface area (Å²) in [5.41, 5.74) is 4.19. The summed E-state index contributed by atoms with van der Waals surface area (Å²) < 4.78 is 6.85. The first-order valence-electron chi connectivity index (χ1n) is 9.50. The summed E-state index contributed by atoms with van der Waals surface area (Å²) in [5, 5.41) is 0.691. The first-order chi connectivity index (χ1) is 14.1. The molecule has 5 heteroatoms. The molecule has 0 saturated heterocycles. The third kappa shape index (κ3) is 4.46. The number of amides is 1. The Morgan fingerprint density at radius 2 is 1.79 bits per heavy atom. The van der Waals surface area contributed by atoms with Crippen molar-refractivity contribution in [2.45, 2.75) is 20.4 Å². The number of anilines is 1. The van der Waals surface area contributed by atoms with Gasteiger partial charge in [0, 0.05) is 0 Å². The number of hydrogen-bond acceptors (Lipinski definition) is 4. The molecule has 0 N–H and O–H groups in total. The van der Waals surface area contributed by atoms with Crippen molar-refractivity contribution >= 4 is 32.6 Å². The van der Waals surface area contributed by atoms with Crippen molar-refractivity contribution in [2.24, 2.45) is 0 Å². The van der Waals surface area contributed by atoms with Crippen molar-refractivity contribution in [3.05, 3.63) is 89.5 Å². The molecule has 0 fully saturated rings. The van der Waals surface area contributed by atoms with Crippen molar-refractivity contribution < 1.29 is 9.53 Å². The van der Waals surface area contributed by atoms with Crippen molar-refractivity contribution in [3.63, 3.8) is 0 Å². The van der Waals surface area contributed by atoms with E-state index in [0.717, 1.165) is 26.9 Å². The van der Waals surface area contributed by atoms with Crippen molar-refractivity contribution in [1.82, 2.24) is 4.98 Å². The maximum Gasteiger partial charge on any atom is 0.267 e. The van der Waals surface area contributed by atoms with Gasteiger partial charge in [-0.1, -0.05) is 65.9 Å². The van der Waals surface area contributed by atoms with Crippen LogP contribution in [-0.4, -0.2) is 17.5 Å². The summed E-state index contributed by atoms with van der Waals surface area (Å²) in [7, 11) is 0. The van der Waals surface area contributed by atoms with Crippen LogP contribution < -0.4 is 9.64 Å². The minimum atomic E-state index is -0.118. The topological polar surface area (TPSA) is 42.4 Å². The monoisotopic (exact) mass is 402 g/mol. The molecular weight excluding hydrogens is 380 g/mol. The zero-order valence-corrected chi connectivity index (χ0v) is 17.3. The molecule has 1 heterocycles. The van der Waals surface area contributed by atoms with Gasteiger partial charge >= 0.3 is 0 Å². The van der Waals surface area contributed by atoms with Crippen molar-refractivity contribution in [1.29, 1.82) is 0 Å². The molecule has 4 aromatic rings. The zero-order valence-electron chi connectivity index (χ0n) is 16.5. The van der Waals surface area contributed by atoms with Crippen LogP contribution in [0.2, 0.25) is 0 Å². The number of benzene rings is 3. The van der Waals surface area contributed by atoms with Crippen LogP contribution in [0.3, 0.4) is 0 Å². The molecule has 0 atom stereocenters. The average Bonchev–Trinajstić information content (AvgIpc) is 3.16. The molecule has 0 aliphatic rings. The predicted octanol–water partition coefficient (Wildman–Crippen LogP) is 5.53. The molecule has 29 heavy (non-hydrogen) atoms. The van der Waals surface area contributed by atoms with Crippen LogP contribution in [-0.2, 0) is 11.3 Å². The molecule has 0 aliphatic carbocycles. The number of aromatic nitrogens is 1. The minimum Gasteiger partial charge on any atom is -0.484 e. The quantitative estimate of drug-likeness (QED) is 0.426. The lowest BCUT2D eigenvalue weighted by Gasteiger charge is -2.20. The first-order valence-corrected chi connectivity index (χ1v) is 10.3. The Kier molecular flexibility index (Phi) is 5.58. The van der Waals surface area contributed by atoms with Gasteiger partial charge in [-0.3, -0.25) is 9.69 Å². The van der Waals surface area contributed by atoms with E-state index >= 15 is 0 Å². The summed E-state index contributed by atoms with van der Waals surface area (Å²) in [6.07, 6.45) is 0. The highest BCUT2D eigenvalue weighted by atomic mass is 32.1. The second-order valence-corrected chi connectivity index (χ2v) is 8.00. The Bertz CT molecular complexity index is 1140. The molecular formula is C24H22N2O2S. The lowest BCUT2D eigenvalue weighted by atomic mass is 10.2. The SMILES string of the molecule is Cc1cccc(OCC(=O)N(Cc2ccccc2)c2nc3c(C)cccc3s2)c1. The Morgan fingerprint density at radius 3 is 2.55 bits per heavy atom. The zero-order chi connectivity index (χ0) is 20.2. The van der Waals surface area contributed by atoms with Gasteiger partial charge in [-0.25, -0.2) is 4.98 Å². The fourth-order valence-corrected chi connectivity index (χ4v) is 4.21. The number of para-hydroxylation sites is 1. The number of carbonyl (C=O) groups excluding carboxylic acids is 1. The van der Waals surface area contributed by atoms with E-state index in [-0.39, 0.29) is 12.5 Å². The molecule has 0 saturated carbocycles. The van der Waals surface area contributed by atoms with E-state index in [4.69, 9.17) is 9.72 Å². The van der Waals surface area contributed by atoms with Gasteiger partial charge in [0.2, 0.25) is 0 Å². The number of fused-ring (bicyclic) bond motifs is 1. The molecule has 4 nitrogen and oxygen atoms in total. The maximum atomic E-state index is 13.1. The molecule has 0 radical (unpaired) electrons. The molecule has 4 rings (SSSR count). The van der Waals surface area contributed by atoms with Crippen LogP contribution in [0.5, 0.6) is 5.75 Å². The highest BCUT2D eigenvalue weighted by Crippen LogP contribution is 2.31. The van der Waals surface area contributed by atoms with Gasteiger partial charge in [0.25, 0.3) is 5.91 Å². The minimum absolute atomic E-state index is 0.0365. The normalized spacial score (nSPS) is 10.8. The average molecular weight is 403 g/mol. The van der Waals surface area contributed by atoms with E-state index in [0.29, 0.717) is 17.4 Å². The van der Waals surface area contributed by atoms with Crippen LogP contribution in [0.1, 0.15) is 16.7 Å². The van der Waals surface area contributed by atoms with Crippen LogP contribution in [0.25, 0.3) is 10.2 Å². The summed E-state index contributed by atoms with van der Waals surface area (Å²) in [6.45, 7) is 4.46. The van der Waals surface area contributed by atoms with Crippen LogP contribution in [0.4, 0.5) is 5.13 Å². The third-order valence-corrected chi connectivity index (χ3v) is 5.72. The molecule has 0 unspecified atom stereocenters. The van der Waals surface area contributed by atoms with Crippen LogP contribution in [0, 0.1) is 13.8 Å². The number of thiazole rings is 1. The van der Waals surface area contributed by atoms with E-state index in [1.807, 2.05) is 86.6 Å². The van der Waals surface area contributed by atoms with Crippen LogP contribution in [0.15, 0.2) is 72.8 Å². The van der Waals surface area contributed by atoms with E-state index in [9.17, 15) is 4.79 Å². The summed E-state index contributed by atoms with van der Waals surface area (Å²) in [4.78, 5) is 19.6. The van der Waals surface area contributed by atoms with E-state index in [1.165, 1.54) is 11.3 Å². The van der Waals surface area contributed by atoms with Crippen molar-refractivity contribution in [2.75, 3.05) is 11.5 Å². The predicted molar refractivity (Wildman–Crippen MR) is 119 cm³/mol. The number of ether oxygens (including phenoxy) is 1. The molecule has 0 spiro atoms. The Balaban J connectivity index is 1.62. The summed E-state index contributed by atoms with van der Waals surface area (Å²) >= 11 is 1.53. The molecule has 1 aromatic heterocycles. The molecule has 1 amide bonds. The van der Waals surface area contributed by atoms with E-state index in [1.54, 1.807) is 4.90 Å². The number of nitrogens with zero attached hydrogens (tertiary/aromatic N) is 2. The second-order valence-electron chi connectivity index (χ2n) is 6.99. The number of rotatable bonds is 6. The highest BCUT2D eigenvalue weighted by Gasteiger charge is 2.21. The lowest BCUT2D eigenvalue weighted by Crippen LogP contribution is -2.34. The molecule has 3 aromatic carbocycles. The number of aryl methyl sites for hydroxylation is 2. The second kappa shape index (κ2) is 8.45. The Hall–Kier alpha value is -3.18. The standard InChI is InChI=1S/C24H22N2O2S/c1-17-8-6-12-20(14-17)28-16-22(27)26(15-19-10-4-3-5-11-19)24-25-23-18(2)9-7-13-21(23)29-24/h3-14H,15-16H2,1-2H3. The Morgan fingerprint density at radius 1 is 1.00 bits per heavy atom. The fourth-order valence-electron chi connectivity index (χ4n) is 3.15. The van der Waals surface area contributed by atoms with E-state index < -0.39 is 0 Å². The smallest absolute Gasteiger partial charge is 0.267 e. The summed E-state index contributed by atoms with van der Waals surface area (Å²) in [5.74, 6) is 0.574. The molecule has 146 valence electrons. The molecule has 0 bridgehead atoms. The molecule has 0 aliphatic heterocycles. The Labute approximate surface area is 174 Å². The fraction of sp³-hybridized carbons (Fsp3) is 0.167. The van der Waals surface area contributed by atoms with Crippen LogP contribution >= 0.6 is 11.3 Å². The van der Waals surface area contributed by atoms with Gasteiger partial charge < -0.3 is 4.74 Å². The van der Waals surface area contributed by atoms with Gasteiger partial charge in [0.05, 0.1) is 16.8 Å². The number of carbonyl (C=O) groups is 1.